The molecule has 0 radical (unpaired) electrons. The molecule has 5 nitrogen and oxygen atoms in total. The van der Waals surface area contributed by atoms with E-state index >= 15 is 0 Å². The van der Waals surface area contributed by atoms with E-state index < -0.39 is 15.8 Å². The van der Waals surface area contributed by atoms with Crippen LogP contribution in [0.15, 0.2) is 53.4 Å². The Kier molecular flexibility index (Phi) is 7.48. The molecule has 0 amide bonds. The van der Waals surface area contributed by atoms with Gasteiger partial charge in [0.1, 0.15) is 5.75 Å². The van der Waals surface area contributed by atoms with Gasteiger partial charge in [-0.05, 0) is 61.7 Å². The molecule has 140 valence electrons. The lowest BCUT2D eigenvalue weighted by atomic mass is 10.1. The van der Waals surface area contributed by atoms with E-state index in [-0.39, 0.29) is 17.3 Å². The first-order valence-corrected chi connectivity index (χ1v) is 10.3. The van der Waals surface area contributed by atoms with Crippen molar-refractivity contribution >= 4 is 27.4 Å². The molecule has 2 rings (SSSR count). The molecule has 26 heavy (non-hydrogen) atoms. The molecule has 0 unspecified atom stereocenters. The lowest BCUT2D eigenvalue weighted by molar-refractivity contribution is -0.145. The third kappa shape index (κ3) is 6.35. The van der Waals surface area contributed by atoms with Crippen LogP contribution in [-0.2, 0) is 25.8 Å². The van der Waals surface area contributed by atoms with Crippen LogP contribution in [0.2, 0.25) is 5.02 Å². The van der Waals surface area contributed by atoms with Crippen LogP contribution in [0.3, 0.4) is 0 Å². The normalized spacial score (nSPS) is 11.2. The Bertz CT molecular complexity index is 831. The van der Waals surface area contributed by atoms with Crippen molar-refractivity contribution in [3.63, 3.8) is 0 Å². The van der Waals surface area contributed by atoms with E-state index in [0.29, 0.717) is 30.2 Å². The molecule has 0 aliphatic carbocycles. The molecule has 2 aromatic carbocycles. The maximum Gasteiger partial charge on any atom is 0.344 e. The molecule has 7 heteroatoms. The van der Waals surface area contributed by atoms with Crippen molar-refractivity contribution in [2.45, 2.75) is 24.7 Å². The van der Waals surface area contributed by atoms with Crippen molar-refractivity contribution in [3.8, 4) is 5.75 Å². The van der Waals surface area contributed by atoms with Gasteiger partial charge in [0.25, 0.3) is 0 Å². The molecule has 0 saturated carbocycles. The summed E-state index contributed by atoms with van der Waals surface area (Å²) >= 11 is 5.79. The fourth-order valence-electron chi connectivity index (χ4n) is 2.36. The molecule has 2 aromatic rings. The second-order valence-electron chi connectivity index (χ2n) is 5.62. The van der Waals surface area contributed by atoms with Crippen LogP contribution in [0.1, 0.15) is 18.9 Å². The number of carbonyl (C=O) groups excluding carboxylic acids is 1. The summed E-state index contributed by atoms with van der Waals surface area (Å²) in [4.78, 5) is 11.6. The number of carbonyl (C=O) groups is 1. The predicted molar refractivity (Wildman–Crippen MR) is 100 cm³/mol. The second-order valence-corrected chi connectivity index (χ2v) is 8.16. The summed E-state index contributed by atoms with van der Waals surface area (Å²) in [5.41, 5.74) is 0.942. The Labute approximate surface area is 158 Å². The van der Waals surface area contributed by atoms with E-state index in [1.807, 2.05) is 12.1 Å². The molecule has 0 fully saturated rings. The number of hydrogen-bond acceptors (Lipinski definition) is 5. The third-order valence-corrected chi connectivity index (χ3v) is 5.68. The first kappa shape index (κ1) is 20.3. The van der Waals surface area contributed by atoms with Crippen molar-refractivity contribution in [1.29, 1.82) is 0 Å². The number of rotatable bonds is 9. The summed E-state index contributed by atoms with van der Waals surface area (Å²) in [5.74, 6) is 0.172. The maximum absolute atomic E-state index is 12.3. The van der Waals surface area contributed by atoms with Gasteiger partial charge in [-0.3, -0.25) is 0 Å². The zero-order valence-corrected chi connectivity index (χ0v) is 16.1. The van der Waals surface area contributed by atoms with E-state index in [0.717, 1.165) is 5.56 Å². The largest absolute Gasteiger partial charge is 0.482 e. The quantitative estimate of drug-likeness (QED) is 0.604. The Morgan fingerprint density at radius 3 is 2.54 bits per heavy atom. The van der Waals surface area contributed by atoms with Crippen molar-refractivity contribution < 1.29 is 22.7 Å². The van der Waals surface area contributed by atoms with Crippen LogP contribution >= 0.6 is 11.6 Å². The Morgan fingerprint density at radius 2 is 1.85 bits per heavy atom. The van der Waals surface area contributed by atoms with Gasteiger partial charge in [-0.25, -0.2) is 13.2 Å². The summed E-state index contributed by atoms with van der Waals surface area (Å²) in [6.07, 6.45) is 1.07. The Hall–Kier alpha value is -2.05. The number of aryl methyl sites for hydroxylation is 1. The van der Waals surface area contributed by atoms with Crippen LogP contribution in [0.4, 0.5) is 0 Å². The molecular weight excluding hydrogens is 376 g/mol. The molecule has 0 bridgehead atoms. The van der Waals surface area contributed by atoms with Crippen molar-refractivity contribution in [3.05, 3.63) is 59.1 Å². The molecule has 0 N–H and O–H groups in total. The van der Waals surface area contributed by atoms with Gasteiger partial charge in [0.15, 0.2) is 16.4 Å². The summed E-state index contributed by atoms with van der Waals surface area (Å²) < 4.78 is 34.8. The molecule has 0 aliphatic heterocycles. The number of benzene rings is 2. The number of esters is 1. The Balaban J connectivity index is 1.88. The van der Waals surface area contributed by atoms with Gasteiger partial charge in [-0.15, -0.1) is 0 Å². The smallest absolute Gasteiger partial charge is 0.344 e. The summed E-state index contributed by atoms with van der Waals surface area (Å²) in [7, 11) is -3.34. The van der Waals surface area contributed by atoms with Gasteiger partial charge in [-0.1, -0.05) is 23.7 Å². The standard InChI is InChI=1S/C19H21ClO5S/c1-2-24-19(21)14-25-17-7-3-5-15(13-17)6-4-12-26(22,23)18-10-8-16(20)9-11-18/h3,5,7-11,13H,2,4,6,12,14H2,1H3. The molecule has 0 saturated heterocycles. The Morgan fingerprint density at radius 1 is 1.12 bits per heavy atom. The molecular formula is C19H21ClO5S. The predicted octanol–water partition coefficient (Wildman–Crippen LogP) is 3.69. The molecule has 0 aromatic heterocycles. The number of hydrogen-bond donors (Lipinski definition) is 0. The summed E-state index contributed by atoms with van der Waals surface area (Å²) in [5, 5.41) is 0.503. The topological polar surface area (TPSA) is 69.7 Å². The van der Waals surface area contributed by atoms with Crippen LogP contribution in [-0.4, -0.2) is 33.4 Å². The van der Waals surface area contributed by atoms with Gasteiger partial charge in [0.05, 0.1) is 17.3 Å². The number of ether oxygens (including phenoxy) is 2. The zero-order chi connectivity index (χ0) is 19.0. The lowest BCUT2D eigenvalue weighted by Gasteiger charge is -2.08. The van der Waals surface area contributed by atoms with Gasteiger partial charge in [0, 0.05) is 5.02 Å². The molecule has 0 atom stereocenters. The third-order valence-electron chi connectivity index (χ3n) is 3.61. The highest BCUT2D eigenvalue weighted by Crippen LogP contribution is 2.18. The van der Waals surface area contributed by atoms with E-state index in [4.69, 9.17) is 21.1 Å². The zero-order valence-electron chi connectivity index (χ0n) is 14.5. The highest BCUT2D eigenvalue weighted by molar-refractivity contribution is 7.91. The van der Waals surface area contributed by atoms with E-state index in [9.17, 15) is 13.2 Å². The van der Waals surface area contributed by atoms with Crippen molar-refractivity contribution in [1.82, 2.24) is 0 Å². The fraction of sp³-hybridized carbons (Fsp3) is 0.316. The van der Waals surface area contributed by atoms with Crippen LogP contribution in [0.25, 0.3) is 0 Å². The van der Waals surface area contributed by atoms with E-state index in [1.165, 1.54) is 12.1 Å². The fourth-order valence-corrected chi connectivity index (χ4v) is 3.80. The van der Waals surface area contributed by atoms with Crippen molar-refractivity contribution in [2.75, 3.05) is 19.0 Å². The van der Waals surface area contributed by atoms with Gasteiger partial charge in [-0.2, -0.15) is 0 Å². The molecule has 0 spiro atoms. The maximum atomic E-state index is 12.3. The first-order valence-electron chi connectivity index (χ1n) is 8.26. The lowest BCUT2D eigenvalue weighted by Crippen LogP contribution is -2.14. The number of sulfone groups is 1. The average Bonchev–Trinajstić information content (AvgIpc) is 2.61. The minimum absolute atomic E-state index is 0.0442. The van der Waals surface area contributed by atoms with Gasteiger partial charge >= 0.3 is 5.97 Å². The monoisotopic (exact) mass is 396 g/mol. The van der Waals surface area contributed by atoms with Crippen LogP contribution in [0, 0.1) is 0 Å². The highest BCUT2D eigenvalue weighted by Gasteiger charge is 2.14. The van der Waals surface area contributed by atoms with Crippen molar-refractivity contribution in [2.24, 2.45) is 0 Å². The summed E-state index contributed by atoms with van der Waals surface area (Å²) in [6.45, 7) is 1.89. The SMILES string of the molecule is CCOC(=O)COc1cccc(CCCS(=O)(=O)c2ccc(Cl)cc2)c1. The molecule has 0 heterocycles. The minimum Gasteiger partial charge on any atom is -0.482 e. The average molecular weight is 397 g/mol. The molecule has 0 aliphatic rings. The van der Waals surface area contributed by atoms with Crippen LogP contribution < -0.4 is 4.74 Å². The van der Waals surface area contributed by atoms with E-state index in [2.05, 4.69) is 0 Å². The first-order chi connectivity index (χ1) is 12.4. The summed E-state index contributed by atoms with van der Waals surface area (Å²) in [6, 6.07) is 13.4. The minimum atomic E-state index is -3.34. The number of halogens is 1. The van der Waals surface area contributed by atoms with Gasteiger partial charge in [0.2, 0.25) is 0 Å². The second kappa shape index (κ2) is 9.59. The highest BCUT2D eigenvalue weighted by atomic mass is 35.5. The van der Waals surface area contributed by atoms with E-state index in [1.54, 1.807) is 31.2 Å². The van der Waals surface area contributed by atoms with Crippen LogP contribution in [0.5, 0.6) is 5.75 Å². The van der Waals surface area contributed by atoms with Gasteiger partial charge < -0.3 is 9.47 Å².